The van der Waals surface area contributed by atoms with E-state index < -0.39 is 9.84 Å². The van der Waals surface area contributed by atoms with Gasteiger partial charge in [0, 0.05) is 37.4 Å². The van der Waals surface area contributed by atoms with Gasteiger partial charge in [-0.15, -0.1) is 0 Å². The second-order valence-corrected chi connectivity index (χ2v) is 9.52. The number of piperazine rings is 1. The number of hydrogen-bond donors (Lipinski definition) is 1. The number of anilines is 1. The zero-order chi connectivity index (χ0) is 20.0. The molecule has 2 aromatic heterocycles. The molecule has 8 heteroatoms. The van der Waals surface area contributed by atoms with Crippen LogP contribution in [0.5, 0.6) is 0 Å². The summed E-state index contributed by atoms with van der Waals surface area (Å²) in [4.78, 5) is 7.73. The van der Waals surface area contributed by atoms with Crippen molar-refractivity contribution in [1.29, 1.82) is 0 Å². The first-order valence-corrected chi connectivity index (χ1v) is 11.8. The predicted molar refractivity (Wildman–Crippen MR) is 111 cm³/mol. The Morgan fingerprint density at radius 1 is 1.10 bits per heavy atom. The van der Waals surface area contributed by atoms with Crippen molar-refractivity contribution in [2.75, 3.05) is 31.1 Å². The SMILES string of the molecule is CCc1nn2c(N3CCNCC3)c3c(nc2c1S(=O)(=O)c1ccccc1)CCC3. The third-order valence-electron chi connectivity index (χ3n) is 5.86. The number of nitrogens with zero attached hydrogens (tertiary/aromatic N) is 4. The Balaban J connectivity index is 1.80. The van der Waals surface area contributed by atoms with E-state index in [0.717, 1.165) is 57.0 Å². The third kappa shape index (κ3) is 2.93. The van der Waals surface area contributed by atoms with E-state index in [0.29, 0.717) is 17.8 Å². The van der Waals surface area contributed by atoms with Gasteiger partial charge in [0.2, 0.25) is 9.84 Å². The molecular formula is C21H25N5O2S. The number of nitrogens with one attached hydrogen (secondary N) is 1. The summed E-state index contributed by atoms with van der Waals surface area (Å²) in [6.07, 6.45) is 3.45. The monoisotopic (exact) mass is 411 g/mol. The lowest BCUT2D eigenvalue weighted by Crippen LogP contribution is -2.44. The highest BCUT2D eigenvalue weighted by Gasteiger charge is 2.32. The van der Waals surface area contributed by atoms with Crippen LogP contribution in [0.1, 0.15) is 30.3 Å². The first-order valence-electron chi connectivity index (χ1n) is 10.3. The van der Waals surface area contributed by atoms with Crippen LogP contribution in [0.15, 0.2) is 40.1 Å². The molecule has 2 aliphatic rings. The lowest BCUT2D eigenvalue weighted by Gasteiger charge is -2.31. The largest absolute Gasteiger partial charge is 0.354 e. The van der Waals surface area contributed by atoms with Crippen LogP contribution >= 0.6 is 0 Å². The molecule has 1 aromatic carbocycles. The molecule has 1 fully saturated rings. The number of rotatable bonds is 4. The van der Waals surface area contributed by atoms with E-state index in [2.05, 4.69) is 10.2 Å². The van der Waals surface area contributed by atoms with Crippen molar-refractivity contribution in [3.05, 3.63) is 47.3 Å². The van der Waals surface area contributed by atoms with Gasteiger partial charge in [0.25, 0.3) is 0 Å². The van der Waals surface area contributed by atoms with Crippen LogP contribution in [0, 0.1) is 0 Å². The summed E-state index contributed by atoms with van der Waals surface area (Å²) in [6, 6.07) is 8.61. The number of aryl methyl sites for hydroxylation is 2. The summed E-state index contributed by atoms with van der Waals surface area (Å²) in [6.45, 7) is 5.54. The Kier molecular flexibility index (Phi) is 4.55. The zero-order valence-electron chi connectivity index (χ0n) is 16.6. The maximum atomic E-state index is 13.6. The van der Waals surface area contributed by atoms with Crippen LogP contribution in [-0.4, -0.2) is 49.2 Å². The van der Waals surface area contributed by atoms with Crippen molar-refractivity contribution in [2.45, 2.75) is 42.4 Å². The van der Waals surface area contributed by atoms with Crippen LogP contribution in [0.2, 0.25) is 0 Å². The normalized spacial score (nSPS) is 17.1. The van der Waals surface area contributed by atoms with Crippen LogP contribution in [0.25, 0.3) is 5.65 Å². The number of hydrogen-bond acceptors (Lipinski definition) is 6. The molecule has 0 spiro atoms. The first-order chi connectivity index (χ1) is 14.1. The van der Waals surface area contributed by atoms with Crippen molar-refractivity contribution in [2.24, 2.45) is 0 Å². The summed E-state index contributed by atoms with van der Waals surface area (Å²) < 4.78 is 28.9. The average molecular weight is 412 g/mol. The minimum Gasteiger partial charge on any atom is -0.354 e. The fourth-order valence-corrected chi connectivity index (χ4v) is 6.08. The molecule has 0 bridgehead atoms. The van der Waals surface area contributed by atoms with Crippen molar-refractivity contribution in [1.82, 2.24) is 19.9 Å². The number of aromatic nitrogens is 3. The average Bonchev–Trinajstić information content (AvgIpc) is 3.37. The topological polar surface area (TPSA) is 79.6 Å². The predicted octanol–water partition coefficient (Wildman–Crippen LogP) is 2.02. The van der Waals surface area contributed by atoms with Gasteiger partial charge in [-0.05, 0) is 37.8 Å². The van der Waals surface area contributed by atoms with Gasteiger partial charge < -0.3 is 10.2 Å². The summed E-state index contributed by atoms with van der Waals surface area (Å²) in [5, 5.41) is 8.18. The zero-order valence-corrected chi connectivity index (χ0v) is 17.4. The van der Waals surface area contributed by atoms with E-state index in [1.165, 1.54) is 5.56 Å². The standard InChI is InChI=1S/C21H25N5O2S/c1-2-17-19(29(27,28)15-7-4-3-5-8-15)20-23-18-10-6-9-16(18)21(26(20)24-17)25-13-11-22-12-14-25/h3-5,7-8,22H,2,6,9-14H2,1H3. The van der Waals surface area contributed by atoms with Crippen molar-refractivity contribution in [3.8, 4) is 0 Å². The fourth-order valence-electron chi connectivity index (χ4n) is 4.46. The van der Waals surface area contributed by atoms with E-state index in [9.17, 15) is 8.42 Å². The Morgan fingerprint density at radius 2 is 1.86 bits per heavy atom. The van der Waals surface area contributed by atoms with Crippen LogP contribution < -0.4 is 10.2 Å². The van der Waals surface area contributed by atoms with Gasteiger partial charge in [0.05, 0.1) is 10.6 Å². The molecule has 1 saturated heterocycles. The number of sulfone groups is 1. The molecule has 1 N–H and O–H groups in total. The Bertz CT molecular complexity index is 1160. The Labute approximate surface area is 170 Å². The molecule has 0 atom stereocenters. The van der Waals surface area contributed by atoms with E-state index in [1.807, 2.05) is 17.5 Å². The van der Waals surface area contributed by atoms with Gasteiger partial charge >= 0.3 is 0 Å². The van der Waals surface area contributed by atoms with Crippen LogP contribution in [-0.2, 0) is 29.1 Å². The quantitative estimate of drug-likeness (QED) is 0.708. The van der Waals surface area contributed by atoms with E-state index in [-0.39, 0.29) is 9.79 Å². The highest BCUT2D eigenvalue weighted by Crippen LogP contribution is 2.35. The Morgan fingerprint density at radius 3 is 2.59 bits per heavy atom. The van der Waals surface area contributed by atoms with E-state index >= 15 is 0 Å². The van der Waals surface area contributed by atoms with Crippen LogP contribution in [0.3, 0.4) is 0 Å². The minimum atomic E-state index is -3.71. The molecule has 29 heavy (non-hydrogen) atoms. The summed E-state index contributed by atoms with van der Waals surface area (Å²) in [5.74, 6) is 1.04. The van der Waals surface area contributed by atoms with Gasteiger partial charge in [0.15, 0.2) is 5.65 Å². The lowest BCUT2D eigenvalue weighted by molar-refractivity contribution is 0.577. The molecule has 0 radical (unpaired) electrons. The molecule has 3 aromatic rings. The number of fused-ring (bicyclic) bond motifs is 2. The maximum Gasteiger partial charge on any atom is 0.212 e. The van der Waals surface area contributed by atoms with Gasteiger partial charge in [-0.3, -0.25) is 0 Å². The van der Waals surface area contributed by atoms with Gasteiger partial charge in [-0.1, -0.05) is 25.1 Å². The first kappa shape index (κ1) is 18.6. The Hall–Kier alpha value is -2.45. The molecular weight excluding hydrogens is 386 g/mol. The second kappa shape index (κ2) is 7.11. The maximum absolute atomic E-state index is 13.6. The van der Waals surface area contributed by atoms with Gasteiger partial charge in [-0.25, -0.2) is 13.4 Å². The molecule has 5 rings (SSSR count). The molecule has 0 saturated carbocycles. The van der Waals surface area contributed by atoms with Gasteiger partial charge in [-0.2, -0.15) is 9.61 Å². The molecule has 0 unspecified atom stereocenters. The molecule has 3 heterocycles. The number of benzene rings is 1. The smallest absolute Gasteiger partial charge is 0.212 e. The van der Waals surface area contributed by atoms with Crippen molar-refractivity contribution in [3.63, 3.8) is 0 Å². The second-order valence-electron chi connectivity index (χ2n) is 7.63. The summed E-state index contributed by atoms with van der Waals surface area (Å²) in [5.41, 5.74) is 3.31. The highest BCUT2D eigenvalue weighted by molar-refractivity contribution is 7.91. The molecule has 1 aliphatic heterocycles. The van der Waals surface area contributed by atoms with Gasteiger partial charge in [0.1, 0.15) is 10.7 Å². The minimum absolute atomic E-state index is 0.261. The lowest BCUT2D eigenvalue weighted by atomic mass is 10.2. The van der Waals surface area contributed by atoms with E-state index in [1.54, 1.807) is 24.3 Å². The summed E-state index contributed by atoms with van der Waals surface area (Å²) >= 11 is 0. The molecule has 1 aliphatic carbocycles. The third-order valence-corrected chi connectivity index (χ3v) is 7.71. The molecule has 7 nitrogen and oxygen atoms in total. The summed E-state index contributed by atoms with van der Waals surface area (Å²) in [7, 11) is -3.71. The highest BCUT2D eigenvalue weighted by atomic mass is 32.2. The van der Waals surface area contributed by atoms with E-state index in [4.69, 9.17) is 10.1 Å². The fraction of sp³-hybridized carbons (Fsp3) is 0.429. The van der Waals surface area contributed by atoms with Crippen molar-refractivity contribution >= 4 is 21.3 Å². The molecule has 152 valence electrons. The molecule has 0 amide bonds. The van der Waals surface area contributed by atoms with Crippen LogP contribution in [0.4, 0.5) is 5.82 Å². The van der Waals surface area contributed by atoms with Crippen molar-refractivity contribution < 1.29 is 8.42 Å².